The van der Waals surface area contributed by atoms with Gasteiger partial charge >= 0.3 is 6.09 Å². The summed E-state index contributed by atoms with van der Waals surface area (Å²) in [5.41, 5.74) is 0.501. The van der Waals surface area contributed by atoms with Gasteiger partial charge in [-0.3, -0.25) is 4.90 Å². The average molecular weight is 294 g/mol. The minimum absolute atomic E-state index is 0.0391. The number of hydrogen-bond donors (Lipinski definition) is 0. The number of nitrogens with zero attached hydrogens (tertiary/aromatic N) is 2. The van der Waals surface area contributed by atoms with Gasteiger partial charge < -0.3 is 9.26 Å². The molecule has 1 amide bonds. The topological polar surface area (TPSA) is 55.6 Å². The first-order chi connectivity index (χ1) is 9.90. The first-order valence-electron chi connectivity index (χ1n) is 7.86. The number of aromatic nitrogens is 1. The predicted octanol–water partition coefficient (Wildman–Crippen LogP) is 4.09. The van der Waals surface area contributed by atoms with Crippen LogP contribution in [0.3, 0.4) is 0 Å². The highest BCUT2D eigenvalue weighted by Crippen LogP contribution is 2.33. The molecule has 5 heteroatoms. The highest BCUT2D eigenvalue weighted by Gasteiger charge is 2.35. The van der Waals surface area contributed by atoms with Crippen molar-refractivity contribution in [3.05, 3.63) is 17.5 Å². The molecule has 5 nitrogen and oxygen atoms in total. The van der Waals surface area contributed by atoms with Crippen molar-refractivity contribution in [2.24, 2.45) is 0 Å². The Bertz CT molecular complexity index is 476. The maximum Gasteiger partial charge on any atom is 0.410 e. The summed E-state index contributed by atoms with van der Waals surface area (Å²) < 4.78 is 10.9. The van der Waals surface area contributed by atoms with E-state index < -0.39 is 5.60 Å². The van der Waals surface area contributed by atoms with Crippen molar-refractivity contribution in [2.75, 3.05) is 6.54 Å². The summed E-state index contributed by atoms with van der Waals surface area (Å²) in [6.07, 6.45) is 4.77. The number of likely N-dealkylation sites (tertiary alicyclic amines) is 1. The Hall–Kier alpha value is -1.52. The van der Waals surface area contributed by atoms with Crippen LogP contribution in [0.15, 0.2) is 10.6 Å². The Kier molecular flexibility index (Phi) is 4.91. The molecule has 118 valence electrons. The second-order valence-electron chi connectivity index (χ2n) is 6.66. The first-order valence-corrected chi connectivity index (χ1v) is 7.86. The van der Waals surface area contributed by atoms with Crippen LogP contribution in [0.5, 0.6) is 0 Å². The monoisotopic (exact) mass is 294 g/mol. The van der Waals surface area contributed by atoms with Gasteiger partial charge in [-0.25, -0.2) is 4.79 Å². The van der Waals surface area contributed by atoms with Gasteiger partial charge in [0.1, 0.15) is 5.60 Å². The van der Waals surface area contributed by atoms with Crippen LogP contribution in [0.1, 0.15) is 70.9 Å². The molecule has 2 heterocycles. The molecule has 0 N–H and O–H groups in total. The lowest BCUT2D eigenvalue weighted by molar-refractivity contribution is 0.0204. The number of hydrogen-bond acceptors (Lipinski definition) is 4. The van der Waals surface area contributed by atoms with E-state index in [2.05, 4.69) is 12.1 Å². The molecule has 0 radical (unpaired) electrons. The van der Waals surface area contributed by atoms with E-state index in [1.54, 1.807) is 4.90 Å². The van der Waals surface area contributed by atoms with Gasteiger partial charge in [-0.2, -0.15) is 0 Å². The van der Waals surface area contributed by atoms with Crippen LogP contribution < -0.4 is 0 Å². The maximum atomic E-state index is 12.3. The third kappa shape index (κ3) is 4.22. The van der Waals surface area contributed by atoms with Crippen LogP contribution in [0.4, 0.5) is 4.79 Å². The molecule has 1 aliphatic rings. The van der Waals surface area contributed by atoms with Crippen molar-refractivity contribution in [2.45, 2.75) is 71.4 Å². The van der Waals surface area contributed by atoms with Gasteiger partial charge in [-0.1, -0.05) is 18.5 Å². The fraction of sp³-hybridized carbons (Fsp3) is 0.750. The van der Waals surface area contributed by atoms with E-state index in [1.165, 1.54) is 0 Å². The Labute approximate surface area is 126 Å². The van der Waals surface area contributed by atoms with Crippen molar-refractivity contribution < 1.29 is 14.1 Å². The van der Waals surface area contributed by atoms with Gasteiger partial charge in [0.2, 0.25) is 0 Å². The van der Waals surface area contributed by atoms with E-state index in [0.717, 1.165) is 43.6 Å². The zero-order valence-electron chi connectivity index (χ0n) is 13.5. The predicted molar refractivity (Wildman–Crippen MR) is 80.0 cm³/mol. The van der Waals surface area contributed by atoms with Gasteiger partial charge in [-0.15, -0.1) is 0 Å². The second-order valence-corrected chi connectivity index (χ2v) is 6.66. The number of aryl methyl sites for hydroxylation is 1. The molecule has 0 aliphatic carbocycles. The number of carbonyl (C=O) groups is 1. The Morgan fingerprint density at radius 1 is 1.52 bits per heavy atom. The number of ether oxygens (including phenoxy) is 1. The Balaban J connectivity index is 2.04. The van der Waals surface area contributed by atoms with Crippen LogP contribution in [0.2, 0.25) is 0 Å². The minimum Gasteiger partial charge on any atom is -0.444 e. The molecule has 21 heavy (non-hydrogen) atoms. The van der Waals surface area contributed by atoms with Gasteiger partial charge in [-0.05, 0) is 46.5 Å². The Morgan fingerprint density at radius 3 is 2.95 bits per heavy atom. The molecule has 2 rings (SSSR count). The van der Waals surface area contributed by atoms with E-state index >= 15 is 0 Å². The highest BCUT2D eigenvalue weighted by molar-refractivity contribution is 5.69. The quantitative estimate of drug-likeness (QED) is 0.839. The Morgan fingerprint density at radius 2 is 2.29 bits per heavy atom. The summed E-state index contributed by atoms with van der Waals surface area (Å²) in [6.45, 7) is 8.51. The van der Waals surface area contributed by atoms with Gasteiger partial charge in [0.25, 0.3) is 0 Å². The lowest BCUT2D eigenvalue weighted by Gasteiger charge is -2.27. The molecule has 1 aromatic rings. The van der Waals surface area contributed by atoms with Crippen molar-refractivity contribution in [1.82, 2.24) is 10.1 Å². The lowest BCUT2D eigenvalue weighted by atomic mass is 10.1. The molecule has 1 unspecified atom stereocenters. The molecule has 0 bridgehead atoms. The van der Waals surface area contributed by atoms with Crippen LogP contribution in [-0.4, -0.2) is 28.3 Å². The molecule has 0 saturated carbocycles. The molecule has 1 aliphatic heterocycles. The molecule has 0 aromatic carbocycles. The highest BCUT2D eigenvalue weighted by atomic mass is 16.6. The number of rotatable bonds is 4. The normalized spacial score (nSPS) is 19.0. The number of carbonyl (C=O) groups excluding carboxylic acids is 1. The fourth-order valence-corrected chi connectivity index (χ4v) is 2.56. The summed E-state index contributed by atoms with van der Waals surface area (Å²) >= 11 is 0. The van der Waals surface area contributed by atoms with Crippen LogP contribution in [0, 0.1) is 0 Å². The van der Waals surface area contributed by atoms with Crippen molar-refractivity contribution in [1.29, 1.82) is 0 Å². The zero-order valence-corrected chi connectivity index (χ0v) is 13.5. The van der Waals surface area contributed by atoms with Crippen molar-refractivity contribution in [3.63, 3.8) is 0 Å². The third-order valence-corrected chi connectivity index (χ3v) is 3.57. The van der Waals surface area contributed by atoms with E-state index in [4.69, 9.17) is 9.26 Å². The van der Waals surface area contributed by atoms with Crippen molar-refractivity contribution >= 4 is 6.09 Å². The summed E-state index contributed by atoms with van der Waals surface area (Å²) in [5, 5.41) is 4.11. The largest absolute Gasteiger partial charge is 0.444 e. The molecule has 1 fully saturated rings. The standard InChI is InChI=1S/C16H26N2O3/c1-5-6-8-12-11-14(21-17-12)13-9-7-10-18(13)15(19)20-16(2,3)4/h11,13H,5-10H2,1-4H3. The van der Waals surface area contributed by atoms with E-state index in [9.17, 15) is 4.79 Å². The van der Waals surface area contributed by atoms with Crippen LogP contribution >= 0.6 is 0 Å². The molecule has 1 atom stereocenters. The van der Waals surface area contributed by atoms with Gasteiger partial charge in [0.05, 0.1) is 11.7 Å². The van der Waals surface area contributed by atoms with E-state index in [1.807, 2.05) is 26.8 Å². The molecular weight excluding hydrogens is 268 g/mol. The zero-order chi connectivity index (χ0) is 15.5. The summed E-state index contributed by atoms with van der Waals surface area (Å²) in [5.74, 6) is 0.782. The molecule has 0 spiro atoms. The van der Waals surface area contributed by atoms with Crippen LogP contribution in [-0.2, 0) is 11.2 Å². The smallest absolute Gasteiger partial charge is 0.410 e. The average Bonchev–Trinajstić information content (AvgIpc) is 3.02. The SMILES string of the molecule is CCCCc1cc(C2CCCN2C(=O)OC(C)(C)C)on1. The minimum atomic E-state index is -0.474. The summed E-state index contributed by atoms with van der Waals surface area (Å²) in [6, 6.07) is 1.95. The second kappa shape index (κ2) is 6.50. The van der Waals surface area contributed by atoms with Gasteiger partial charge in [0, 0.05) is 12.6 Å². The van der Waals surface area contributed by atoms with E-state index in [-0.39, 0.29) is 12.1 Å². The van der Waals surface area contributed by atoms with E-state index in [0.29, 0.717) is 6.54 Å². The van der Waals surface area contributed by atoms with Crippen LogP contribution in [0.25, 0.3) is 0 Å². The third-order valence-electron chi connectivity index (χ3n) is 3.57. The van der Waals surface area contributed by atoms with Crippen molar-refractivity contribution in [3.8, 4) is 0 Å². The molecule has 1 aromatic heterocycles. The van der Waals surface area contributed by atoms with Gasteiger partial charge in [0.15, 0.2) is 5.76 Å². The number of amides is 1. The molecule has 1 saturated heterocycles. The lowest BCUT2D eigenvalue weighted by Crippen LogP contribution is -2.36. The summed E-state index contributed by atoms with van der Waals surface area (Å²) in [7, 11) is 0. The maximum absolute atomic E-state index is 12.3. The fourth-order valence-electron chi connectivity index (χ4n) is 2.56. The number of unbranched alkanes of at least 4 members (excludes halogenated alkanes) is 1. The first kappa shape index (κ1) is 15.9. The summed E-state index contributed by atoms with van der Waals surface area (Å²) in [4.78, 5) is 14.0. The molecular formula is C16H26N2O3.